The van der Waals surface area contributed by atoms with Crippen LogP contribution in [0.15, 0.2) is 40.9 Å². The summed E-state index contributed by atoms with van der Waals surface area (Å²) in [5.41, 5.74) is 4.65. The van der Waals surface area contributed by atoms with E-state index in [1.165, 1.54) is 31.5 Å². The number of piperidine rings is 1. The van der Waals surface area contributed by atoms with E-state index in [9.17, 15) is 23.1 Å². The van der Waals surface area contributed by atoms with Crippen LogP contribution >= 0.6 is 0 Å². The van der Waals surface area contributed by atoms with Gasteiger partial charge in [0.25, 0.3) is 5.91 Å². The second-order valence-electron chi connectivity index (χ2n) is 8.71. The summed E-state index contributed by atoms with van der Waals surface area (Å²) in [5.74, 6) is -0.368. The molecule has 0 bridgehead atoms. The lowest BCUT2D eigenvalue weighted by Gasteiger charge is -2.31. The fourth-order valence-electron chi connectivity index (χ4n) is 4.29. The molecule has 4 aromatic rings. The largest absolute Gasteiger partial charge is 0.506 e. The number of nitrogens with two attached hydrogens (primary N) is 1. The van der Waals surface area contributed by atoms with E-state index < -0.39 is 23.5 Å². The number of pyridine rings is 1. The molecule has 0 spiro atoms. The van der Waals surface area contributed by atoms with Crippen LogP contribution in [0.3, 0.4) is 0 Å². The Morgan fingerprint density at radius 1 is 1.15 bits per heavy atom. The molecule has 0 unspecified atom stereocenters. The molecule has 0 aliphatic carbocycles. The molecule has 3 N–H and O–H groups in total. The lowest BCUT2D eigenvalue weighted by Crippen LogP contribution is -2.42. The summed E-state index contributed by atoms with van der Waals surface area (Å²) >= 11 is 0. The molecule has 0 radical (unpaired) electrons. The molecule has 204 valence electrons. The monoisotopic (exact) mass is 544 g/mol. The topological polar surface area (TPSA) is 150 Å². The Hall–Kier alpha value is -4.46. The summed E-state index contributed by atoms with van der Waals surface area (Å²) in [4.78, 5) is 31.1. The molecule has 1 aromatic carbocycles. The molecule has 4 heterocycles. The van der Waals surface area contributed by atoms with Gasteiger partial charge in [0.05, 0.1) is 13.7 Å². The molecule has 14 heteroatoms. The van der Waals surface area contributed by atoms with E-state index in [1.807, 2.05) is 0 Å². The minimum atomic E-state index is -4.69. The molecule has 5 rings (SSSR count). The van der Waals surface area contributed by atoms with Gasteiger partial charge >= 0.3 is 12.2 Å². The number of methoxy groups -OCH3 is 1. The number of alkyl halides is 3. The predicted molar refractivity (Wildman–Crippen MR) is 130 cm³/mol. The number of carbonyl (C=O) groups excluding carboxylic acids is 1. The zero-order valence-corrected chi connectivity index (χ0v) is 20.6. The van der Waals surface area contributed by atoms with Crippen molar-refractivity contribution in [2.75, 3.05) is 20.2 Å². The summed E-state index contributed by atoms with van der Waals surface area (Å²) in [6.45, 7) is 0.602. The molecule has 39 heavy (non-hydrogen) atoms. The first kappa shape index (κ1) is 26.2. The number of oxazole rings is 1. The van der Waals surface area contributed by atoms with Crippen LogP contribution in [0.4, 0.5) is 13.2 Å². The van der Waals surface area contributed by atoms with Crippen LogP contribution in [0, 0.1) is 0 Å². The van der Waals surface area contributed by atoms with E-state index in [0.29, 0.717) is 31.8 Å². The standard InChI is InChI=1S/C25H23F3N6O5/c1-37-19-6-9-30-24(32-19)38-13-7-10-34(11-8-13)23(36)21-17(12-29)39-22(33-21)15-2-4-16(35)20-14(15)3-5-18(31-20)25(26,27)28/h2-6,9,13,35H,7-8,10-12,29H2,1H3. The van der Waals surface area contributed by atoms with Crippen LogP contribution < -0.4 is 15.2 Å². The van der Waals surface area contributed by atoms with Crippen molar-refractivity contribution < 1.29 is 37.0 Å². The van der Waals surface area contributed by atoms with E-state index in [-0.39, 0.29) is 52.5 Å². The smallest absolute Gasteiger partial charge is 0.433 e. The summed E-state index contributed by atoms with van der Waals surface area (Å²) in [5, 5.41) is 10.3. The third kappa shape index (κ3) is 5.27. The van der Waals surface area contributed by atoms with Gasteiger partial charge in [0.1, 0.15) is 23.1 Å². The number of phenols is 1. The summed E-state index contributed by atoms with van der Waals surface area (Å²) in [7, 11) is 1.49. The molecule has 1 amide bonds. The van der Waals surface area contributed by atoms with Crippen LogP contribution in [0.2, 0.25) is 0 Å². The molecule has 1 aliphatic heterocycles. The number of carbonyl (C=O) groups is 1. The molecule has 3 aromatic heterocycles. The maximum atomic E-state index is 13.3. The first-order chi connectivity index (χ1) is 18.7. The summed E-state index contributed by atoms with van der Waals surface area (Å²) in [6.07, 6.45) is -2.33. The fraction of sp³-hybridized carbons (Fsp3) is 0.320. The van der Waals surface area contributed by atoms with Crippen LogP contribution in [0.25, 0.3) is 22.4 Å². The SMILES string of the molecule is COc1ccnc(OC2CCN(C(=O)c3nc(-c4ccc(O)c5nc(C(F)(F)F)ccc45)oc3CN)CC2)n1. The van der Waals surface area contributed by atoms with Crippen molar-refractivity contribution in [3.05, 3.63) is 53.7 Å². The van der Waals surface area contributed by atoms with Crippen molar-refractivity contribution in [2.45, 2.75) is 31.7 Å². The number of ether oxygens (including phenoxy) is 2. The van der Waals surface area contributed by atoms with Crippen molar-refractivity contribution in [3.63, 3.8) is 0 Å². The highest BCUT2D eigenvalue weighted by molar-refractivity contribution is 5.98. The number of benzene rings is 1. The Labute approximate surface area is 219 Å². The molecule has 1 aliphatic rings. The van der Waals surface area contributed by atoms with Gasteiger partial charge in [-0.2, -0.15) is 18.2 Å². The summed E-state index contributed by atoms with van der Waals surface area (Å²) < 4.78 is 56.1. The second kappa shape index (κ2) is 10.4. The van der Waals surface area contributed by atoms with Crippen LogP contribution in [-0.2, 0) is 12.7 Å². The number of hydrogen-bond donors (Lipinski definition) is 2. The number of likely N-dealkylation sites (tertiary alicyclic amines) is 1. The zero-order chi connectivity index (χ0) is 27.7. The second-order valence-corrected chi connectivity index (χ2v) is 8.71. The van der Waals surface area contributed by atoms with Gasteiger partial charge < -0.3 is 29.6 Å². The molecule has 1 saturated heterocycles. The van der Waals surface area contributed by atoms with Crippen molar-refractivity contribution in [3.8, 4) is 29.1 Å². The van der Waals surface area contributed by atoms with Gasteiger partial charge in [0.15, 0.2) is 11.5 Å². The molecule has 0 atom stereocenters. The maximum Gasteiger partial charge on any atom is 0.433 e. The minimum Gasteiger partial charge on any atom is -0.506 e. The lowest BCUT2D eigenvalue weighted by atomic mass is 10.1. The molecule has 1 fully saturated rings. The van der Waals surface area contributed by atoms with Gasteiger partial charge in [0.2, 0.25) is 11.8 Å². The maximum absolute atomic E-state index is 13.3. The number of rotatable bonds is 6. The van der Waals surface area contributed by atoms with E-state index in [1.54, 1.807) is 11.0 Å². The average Bonchev–Trinajstić information content (AvgIpc) is 3.37. The van der Waals surface area contributed by atoms with Gasteiger partial charge in [-0.25, -0.2) is 15.0 Å². The third-order valence-corrected chi connectivity index (χ3v) is 6.26. The molecule has 0 saturated carbocycles. The van der Waals surface area contributed by atoms with Crippen LogP contribution in [-0.4, -0.2) is 62.2 Å². The number of fused-ring (bicyclic) bond motifs is 1. The van der Waals surface area contributed by atoms with Gasteiger partial charge in [0, 0.05) is 49.1 Å². The molecular formula is C25H23F3N6O5. The van der Waals surface area contributed by atoms with Gasteiger partial charge in [-0.1, -0.05) is 0 Å². The van der Waals surface area contributed by atoms with E-state index in [0.717, 1.165) is 6.07 Å². The molecular weight excluding hydrogens is 521 g/mol. The Balaban J connectivity index is 1.36. The van der Waals surface area contributed by atoms with Crippen molar-refractivity contribution >= 4 is 16.8 Å². The first-order valence-corrected chi connectivity index (χ1v) is 11.9. The van der Waals surface area contributed by atoms with Crippen molar-refractivity contribution in [1.29, 1.82) is 0 Å². The number of aromatic nitrogens is 4. The number of aromatic hydroxyl groups is 1. The predicted octanol–water partition coefficient (Wildman–Crippen LogP) is 3.56. The van der Waals surface area contributed by atoms with E-state index in [2.05, 4.69) is 19.9 Å². The minimum absolute atomic E-state index is 0.00379. The number of amides is 1. The van der Waals surface area contributed by atoms with Crippen LogP contribution in [0.1, 0.15) is 34.8 Å². The fourth-order valence-corrected chi connectivity index (χ4v) is 4.29. The highest BCUT2D eigenvalue weighted by atomic mass is 19.4. The van der Waals surface area contributed by atoms with Gasteiger partial charge in [-0.3, -0.25) is 4.79 Å². The zero-order valence-electron chi connectivity index (χ0n) is 20.6. The Morgan fingerprint density at radius 2 is 1.92 bits per heavy atom. The Bertz CT molecular complexity index is 1520. The van der Waals surface area contributed by atoms with E-state index >= 15 is 0 Å². The number of phenolic OH excluding ortho intramolecular Hbond substituents is 1. The number of halogens is 3. The molecule has 11 nitrogen and oxygen atoms in total. The lowest BCUT2D eigenvalue weighted by molar-refractivity contribution is -0.140. The van der Waals surface area contributed by atoms with Gasteiger partial charge in [-0.15, -0.1) is 0 Å². The van der Waals surface area contributed by atoms with Crippen molar-refractivity contribution in [1.82, 2.24) is 24.8 Å². The Kier molecular flexibility index (Phi) is 6.95. The highest BCUT2D eigenvalue weighted by Gasteiger charge is 2.33. The highest BCUT2D eigenvalue weighted by Crippen LogP contribution is 2.36. The Morgan fingerprint density at radius 3 is 2.62 bits per heavy atom. The quantitative estimate of drug-likeness (QED) is 0.369. The van der Waals surface area contributed by atoms with Crippen LogP contribution in [0.5, 0.6) is 17.6 Å². The normalized spacial score (nSPS) is 14.5. The van der Waals surface area contributed by atoms with Gasteiger partial charge in [-0.05, 0) is 24.3 Å². The summed E-state index contributed by atoms with van der Waals surface area (Å²) in [6, 6.07) is 6.37. The van der Waals surface area contributed by atoms with E-state index in [4.69, 9.17) is 19.6 Å². The number of hydrogen-bond acceptors (Lipinski definition) is 10. The average molecular weight is 544 g/mol. The number of nitrogens with zero attached hydrogens (tertiary/aromatic N) is 5. The third-order valence-electron chi connectivity index (χ3n) is 6.26. The van der Waals surface area contributed by atoms with Crippen molar-refractivity contribution in [2.24, 2.45) is 5.73 Å². The first-order valence-electron chi connectivity index (χ1n) is 11.9.